The highest BCUT2D eigenvalue weighted by molar-refractivity contribution is 5.94. The Labute approximate surface area is 119 Å². The van der Waals surface area contributed by atoms with Gasteiger partial charge in [-0.25, -0.2) is 0 Å². The maximum atomic E-state index is 12.3. The molecule has 0 spiro atoms. The lowest BCUT2D eigenvalue weighted by molar-refractivity contribution is 0.0931. The summed E-state index contributed by atoms with van der Waals surface area (Å²) in [5.41, 5.74) is 4.19. The zero-order chi connectivity index (χ0) is 13.9. The first-order valence-corrected chi connectivity index (χ1v) is 7.05. The third-order valence-electron chi connectivity index (χ3n) is 3.75. The van der Waals surface area contributed by atoms with Gasteiger partial charge in [0.05, 0.1) is 11.7 Å². The second kappa shape index (κ2) is 5.45. The molecule has 20 heavy (non-hydrogen) atoms. The van der Waals surface area contributed by atoms with Crippen molar-refractivity contribution in [3.05, 3.63) is 65.0 Å². The Hall–Kier alpha value is -2.16. The van der Waals surface area contributed by atoms with E-state index in [0.717, 1.165) is 25.0 Å². The zero-order valence-corrected chi connectivity index (χ0v) is 11.6. The first kappa shape index (κ1) is 12.9. The van der Waals surface area contributed by atoms with Gasteiger partial charge in [0.1, 0.15) is 0 Å². The van der Waals surface area contributed by atoms with Crippen molar-refractivity contribution in [3.63, 3.8) is 0 Å². The number of hydrogen-bond donors (Lipinski definition) is 1. The summed E-state index contributed by atoms with van der Waals surface area (Å²) >= 11 is 0. The summed E-state index contributed by atoms with van der Waals surface area (Å²) in [5, 5.41) is 3.11. The summed E-state index contributed by atoms with van der Waals surface area (Å²) in [6.07, 6.45) is 4.99. The summed E-state index contributed by atoms with van der Waals surface area (Å²) < 4.78 is 0. The van der Waals surface area contributed by atoms with E-state index in [-0.39, 0.29) is 11.9 Å². The molecule has 3 heteroatoms. The topological polar surface area (TPSA) is 42.0 Å². The van der Waals surface area contributed by atoms with Crippen LogP contribution in [0.5, 0.6) is 0 Å². The smallest absolute Gasteiger partial charge is 0.251 e. The Morgan fingerprint density at radius 3 is 2.90 bits per heavy atom. The quantitative estimate of drug-likeness (QED) is 0.907. The van der Waals surface area contributed by atoms with Crippen molar-refractivity contribution in [2.24, 2.45) is 0 Å². The average molecular weight is 266 g/mol. The van der Waals surface area contributed by atoms with Gasteiger partial charge in [-0.3, -0.25) is 9.78 Å². The molecule has 1 atom stereocenters. The minimum absolute atomic E-state index is 0.0224. The molecule has 2 aromatic rings. The van der Waals surface area contributed by atoms with Crippen LogP contribution in [0.3, 0.4) is 0 Å². The third-order valence-corrected chi connectivity index (χ3v) is 3.75. The van der Waals surface area contributed by atoms with Crippen LogP contribution in [0.1, 0.15) is 46.1 Å². The Morgan fingerprint density at radius 2 is 2.10 bits per heavy atom. The molecular weight excluding hydrogens is 248 g/mol. The molecule has 0 saturated carbocycles. The number of rotatable bonds is 2. The normalized spacial score (nSPS) is 17.4. The number of pyridine rings is 1. The molecule has 102 valence electrons. The highest BCUT2D eigenvalue weighted by atomic mass is 16.1. The predicted molar refractivity (Wildman–Crippen MR) is 78.6 cm³/mol. The number of carbonyl (C=O) groups excluding carboxylic acids is 1. The lowest BCUT2D eigenvalue weighted by Gasteiger charge is -2.25. The van der Waals surface area contributed by atoms with E-state index in [1.54, 1.807) is 0 Å². The van der Waals surface area contributed by atoms with Gasteiger partial charge >= 0.3 is 0 Å². The first-order valence-electron chi connectivity index (χ1n) is 7.05. The van der Waals surface area contributed by atoms with Gasteiger partial charge < -0.3 is 5.32 Å². The number of nitrogens with one attached hydrogen (secondary N) is 1. The molecule has 1 aliphatic carbocycles. The standard InChI is InChI=1S/C17H18N2O/c1-12-10-14-8-5-9-15(16(14)18-11-12)19-17(20)13-6-3-2-4-7-13/h2-4,6-7,10-11,15H,5,8-9H2,1H3,(H,19,20). The van der Waals surface area contributed by atoms with E-state index in [9.17, 15) is 4.79 Å². The third kappa shape index (κ3) is 2.57. The second-order valence-electron chi connectivity index (χ2n) is 5.34. The van der Waals surface area contributed by atoms with Gasteiger partial charge in [-0.15, -0.1) is 0 Å². The summed E-state index contributed by atoms with van der Waals surface area (Å²) in [6.45, 7) is 2.06. The van der Waals surface area contributed by atoms with E-state index in [2.05, 4.69) is 23.3 Å². The van der Waals surface area contributed by atoms with E-state index >= 15 is 0 Å². The monoisotopic (exact) mass is 266 g/mol. The number of nitrogens with zero attached hydrogens (tertiary/aromatic N) is 1. The number of aryl methyl sites for hydroxylation is 2. The molecule has 0 aliphatic heterocycles. The molecule has 1 aromatic heterocycles. The van der Waals surface area contributed by atoms with Crippen molar-refractivity contribution in [3.8, 4) is 0 Å². The van der Waals surface area contributed by atoms with Crippen LogP contribution in [0.15, 0.2) is 42.6 Å². The molecule has 3 rings (SSSR count). The summed E-state index contributed by atoms with van der Waals surface area (Å²) in [4.78, 5) is 16.8. The van der Waals surface area contributed by atoms with Gasteiger partial charge in [-0.05, 0) is 49.4 Å². The molecule has 1 N–H and O–H groups in total. The zero-order valence-electron chi connectivity index (χ0n) is 11.6. The van der Waals surface area contributed by atoms with Crippen molar-refractivity contribution in [1.82, 2.24) is 10.3 Å². The fraction of sp³-hybridized carbons (Fsp3) is 0.294. The minimum atomic E-state index is -0.0224. The van der Waals surface area contributed by atoms with Gasteiger partial charge in [-0.2, -0.15) is 0 Å². The van der Waals surface area contributed by atoms with E-state index in [4.69, 9.17) is 0 Å². The van der Waals surface area contributed by atoms with E-state index in [1.165, 1.54) is 11.1 Å². The molecule has 0 radical (unpaired) electrons. The van der Waals surface area contributed by atoms with Crippen LogP contribution in [-0.4, -0.2) is 10.9 Å². The number of aromatic nitrogens is 1. The van der Waals surface area contributed by atoms with Crippen LogP contribution in [0.4, 0.5) is 0 Å². The largest absolute Gasteiger partial charge is 0.344 e. The molecule has 1 amide bonds. The Bertz CT molecular complexity index is 622. The van der Waals surface area contributed by atoms with Crippen LogP contribution >= 0.6 is 0 Å². The van der Waals surface area contributed by atoms with Gasteiger partial charge in [0.15, 0.2) is 0 Å². The van der Waals surface area contributed by atoms with Crippen molar-refractivity contribution in [2.45, 2.75) is 32.2 Å². The summed E-state index contributed by atoms with van der Waals surface area (Å²) in [5.74, 6) is -0.0224. The summed E-state index contributed by atoms with van der Waals surface area (Å²) in [6, 6.07) is 11.6. The molecular formula is C17H18N2O. The van der Waals surface area contributed by atoms with E-state index in [0.29, 0.717) is 5.56 Å². The molecule has 1 heterocycles. The number of carbonyl (C=O) groups is 1. The van der Waals surface area contributed by atoms with E-state index in [1.807, 2.05) is 36.5 Å². The van der Waals surface area contributed by atoms with Gasteiger partial charge in [0.25, 0.3) is 5.91 Å². The van der Waals surface area contributed by atoms with E-state index < -0.39 is 0 Å². The number of amides is 1. The lowest BCUT2D eigenvalue weighted by Crippen LogP contribution is -2.31. The first-order chi connectivity index (χ1) is 9.74. The minimum Gasteiger partial charge on any atom is -0.344 e. The highest BCUT2D eigenvalue weighted by Gasteiger charge is 2.23. The van der Waals surface area contributed by atoms with Crippen molar-refractivity contribution in [2.75, 3.05) is 0 Å². The Balaban J connectivity index is 1.81. The molecule has 0 fully saturated rings. The number of fused-ring (bicyclic) bond motifs is 1. The number of benzene rings is 1. The van der Waals surface area contributed by atoms with Crippen LogP contribution in [0, 0.1) is 6.92 Å². The average Bonchev–Trinajstić information content (AvgIpc) is 2.48. The fourth-order valence-electron chi connectivity index (χ4n) is 2.76. The lowest BCUT2D eigenvalue weighted by atomic mass is 9.91. The van der Waals surface area contributed by atoms with Crippen LogP contribution in [-0.2, 0) is 6.42 Å². The van der Waals surface area contributed by atoms with Crippen molar-refractivity contribution in [1.29, 1.82) is 0 Å². The SMILES string of the molecule is Cc1cnc2c(c1)CCCC2NC(=O)c1ccccc1. The van der Waals surface area contributed by atoms with Crippen LogP contribution in [0.2, 0.25) is 0 Å². The van der Waals surface area contributed by atoms with Crippen LogP contribution < -0.4 is 5.32 Å². The van der Waals surface area contributed by atoms with Crippen LogP contribution in [0.25, 0.3) is 0 Å². The predicted octanol–water partition coefficient (Wildman–Crippen LogP) is 3.20. The Kier molecular flexibility index (Phi) is 3.50. The summed E-state index contributed by atoms with van der Waals surface area (Å²) in [7, 11) is 0. The molecule has 1 unspecified atom stereocenters. The van der Waals surface area contributed by atoms with Crippen molar-refractivity contribution >= 4 is 5.91 Å². The second-order valence-corrected chi connectivity index (χ2v) is 5.34. The van der Waals surface area contributed by atoms with Gasteiger partial charge in [0.2, 0.25) is 0 Å². The molecule has 0 saturated heterocycles. The number of hydrogen-bond acceptors (Lipinski definition) is 2. The van der Waals surface area contributed by atoms with Gasteiger partial charge in [0, 0.05) is 11.8 Å². The maximum Gasteiger partial charge on any atom is 0.251 e. The Morgan fingerprint density at radius 1 is 1.30 bits per heavy atom. The van der Waals surface area contributed by atoms with Crippen molar-refractivity contribution < 1.29 is 4.79 Å². The molecule has 3 nitrogen and oxygen atoms in total. The fourth-order valence-corrected chi connectivity index (χ4v) is 2.76. The molecule has 1 aromatic carbocycles. The van der Waals surface area contributed by atoms with Gasteiger partial charge in [-0.1, -0.05) is 24.3 Å². The maximum absolute atomic E-state index is 12.3. The highest BCUT2D eigenvalue weighted by Crippen LogP contribution is 2.28. The molecule has 0 bridgehead atoms. The molecule has 1 aliphatic rings.